The van der Waals surface area contributed by atoms with Crippen molar-refractivity contribution in [3.8, 4) is 11.3 Å². The third-order valence-electron chi connectivity index (χ3n) is 9.09. The number of carbonyl (C=O) groups is 3. The summed E-state index contributed by atoms with van der Waals surface area (Å²) in [4.78, 5) is 50.5. The van der Waals surface area contributed by atoms with Gasteiger partial charge in [-0.1, -0.05) is 57.3 Å². The molecule has 14 heteroatoms. The molecule has 3 N–H and O–H groups in total. The number of hydrogen-bond donors (Lipinski definition) is 3. The van der Waals surface area contributed by atoms with Crippen LogP contribution in [0.3, 0.4) is 0 Å². The van der Waals surface area contributed by atoms with Crippen molar-refractivity contribution >= 4 is 73.8 Å². The largest absolute Gasteiger partial charge is 0.355 e. The fraction of sp³-hybridized carbons (Fsp3) is 0.355. The van der Waals surface area contributed by atoms with Crippen molar-refractivity contribution < 1.29 is 14.4 Å². The van der Waals surface area contributed by atoms with E-state index in [0.29, 0.717) is 57.5 Å². The molecule has 3 aliphatic heterocycles. The lowest BCUT2D eigenvalue weighted by atomic mass is 9.89. The van der Waals surface area contributed by atoms with Crippen LogP contribution in [0.2, 0.25) is 10.0 Å². The maximum atomic E-state index is 13.1. The van der Waals surface area contributed by atoms with E-state index in [0.717, 1.165) is 47.3 Å². The highest BCUT2D eigenvalue weighted by atomic mass is 79.9. The topological polar surface area (TPSA) is 136 Å². The second kappa shape index (κ2) is 11.7. The van der Waals surface area contributed by atoms with Gasteiger partial charge in [-0.05, 0) is 49.4 Å². The van der Waals surface area contributed by atoms with Crippen LogP contribution in [-0.4, -0.2) is 67.5 Å². The number of carbonyl (C=O) groups excluding carboxylic acids is 3. The summed E-state index contributed by atoms with van der Waals surface area (Å²) < 4.78 is 0.873. The number of benzene rings is 2. The number of fused-ring (bicyclic) bond motifs is 2. The molecule has 0 bridgehead atoms. The molecule has 0 aliphatic carbocycles. The van der Waals surface area contributed by atoms with Crippen LogP contribution in [0, 0.1) is 0 Å². The number of anilines is 1. The minimum Gasteiger partial charge on any atom is -0.355 e. The second-order valence-electron chi connectivity index (χ2n) is 12.0. The summed E-state index contributed by atoms with van der Waals surface area (Å²) in [5, 5.41) is 14.4. The number of rotatable bonds is 6. The Morgan fingerprint density at radius 1 is 1.11 bits per heavy atom. The first-order valence-electron chi connectivity index (χ1n) is 14.7. The van der Waals surface area contributed by atoms with E-state index in [9.17, 15) is 14.4 Å². The number of imide groups is 1. The van der Waals surface area contributed by atoms with Crippen LogP contribution < -0.4 is 15.5 Å². The molecule has 2 saturated heterocycles. The fourth-order valence-electron chi connectivity index (χ4n) is 6.32. The Hall–Kier alpha value is -3.58. The molecule has 3 aliphatic rings. The number of halogens is 3. The Kier molecular flexibility index (Phi) is 7.79. The molecule has 45 heavy (non-hydrogen) atoms. The van der Waals surface area contributed by atoms with Gasteiger partial charge in [0.2, 0.25) is 11.8 Å². The van der Waals surface area contributed by atoms with E-state index < -0.39 is 11.9 Å². The van der Waals surface area contributed by atoms with E-state index in [1.807, 2.05) is 24.3 Å². The van der Waals surface area contributed by atoms with Crippen molar-refractivity contribution in [1.29, 1.82) is 0 Å². The highest BCUT2D eigenvalue weighted by Crippen LogP contribution is 2.37. The summed E-state index contributed by atoms with van der Waals surface area (Å²) in [5.74, 6) is -0.105. The third-order valence-corrected chi connectivity index (χ3v) is 10.9. The molecule has 2 fully saturated rings. The van der Waals surface area contributed by atoms with Crippen LogP contribution in [0.5, 0.6) is 0 Å². The van der Waals surface area contributed by atoms with Crippen LogP contribution in [-0.2, 0) is 22.7 Å². The predicted octanol–water partition coefficient (Wildman–Crippen LogP) is 5.00. The monoisotopic (exact) mass is 710 g/mol. The first-order chi connectivity index (χ1) is 21.6. The van der Waals surface area contributed by atoms with Gasteiger partial charge in [0, 0.05) is 53.7 Å². The number of aromatic amines is 1. The molecule has 0 saturated carbocycles. The molecule has 1 unspecified atom stereocenters. The zero-order valence-electron chi connectivity index (χ0n) is 24.3. The number of amides is 3. The van der Waals surface area contributed by atoms with Crippen molar-refractivity contribution in [1.82, 2.24) is 35.7 Å². The van der Waals surface area contributed by atoms with Gasteiger partial charge in [-0.2, -0.15) is 5.10 Å². The van der Waals surface area contributed by atoms with Crippen LogP contribution >= 0.6 is 39.1 Å². The quantitative estimate of drug-likeness (QED) is 0.238. The molecule has 0 spiro atoms. The number of nitrogens with one attached hydrogen (secondary N) is 3. The average molecular weight is 712 g/mol. The molecular weight excluding hydrogens is 683 g/mol. The SMILES string of the molecule is CC1(NCc2ccc3c(c2Br)CN(C2CCC(=O)NC2=O)C3=O)CCN(c2cnc3c(-c4cccc(Cl)c4Cl)n[nH]c3n2)CC1. The standard InChI is InChI=1S/C31H29BrCl2N8O3/c1-31(36-13-16-5-6-17-19(24(16)32)15-42(30(17)45)21-7-8-23(43)38-29(21)44)9-11-41(12-10-31)22-14-35-27-26(39-40-28(27)37-22)18-3-2-4-20(33)25(18)34/h2-6,14,21,36H,7-13,15H2,1H3,(H,37,39,40)(H,38,43,44). The van der Waals surface area contributed by atoms with Crippen LogP contribution in [0.25, 0.3) is 22.4 Å². The van der Waals surface area contributed by atoms with Crippen molar-refractivity contribution in [2.75, 3.05) is 18.0 Å². The molecule has 3 amide bonds. The lowest BCUT2D eigenvalue weighted by Crippen LogP contribution is -2.52. The molecule has 11 nitrogen and oxygen atoms in total. The molecule has 232 valence electrons. The first-order valence-corrected chi connectivity index (χ1v) is 16.3. The molecule has 0 radical (unpaired) electrons. The lowest BCUT2D eigenvalue weighted by Gasteiger charge is -2.40. The van der Waals surface area contributed by atoms with E-state index in [-0.39, 0.29) is 23.8 Å². The molecule has 2 aromatic carbocycles. The number of aromatic nitrogens is 4. The first kappa shape index (κ1) is 30.1. The smallest absolute Gasteiger partial charge is 0.255 e. The minimum absolute atomic E-state index is 0.106. The predicted molar refractivity (Wildman–Crippen MR) is 174 cm³/mol. The van der Waals surface area contributed by atoms with Crippen molar-refractivity contribution in [2.24, 2.45) is 0 Å². The van der Waals surface area contributed by atoms with Crippen molar-refractivity contribution in [3.05, 3.63) is 67.7 Å². The molecule has 5 heterocycles. The van der Waals surface area contributed by atoms with E-state index in [2.05, 4.69) is 53.6 Å². The van der Waals surface area contributed by atoms with Gasteiger partial charge in [0.1, 0.15) is 23.1 Å². The van der Waals surface area contributed by atoms with Gasteiger partial charge < -0.3 is 15.1 Å². The molecule has 2 aromatic heterocycles. The van der Waals surface area contributed by atoms with Crippen LogP contribution in [0.15, 0.2) is 41.0 Å². The molecule has 1 atom stereocenters. The summed E-state index contributed by atoms with van der Waals surface area (Å²) in [6.45, 7) is 4.77. The lowest BCUT2D eigenvalue weighted by molar-refractivity contribution is -0.136. The van der Waals surface area contributed by atoms with Crippen LogP contribution in [0.1, 0.15) is 54.1 Å². The van der Waals surface area contributed by atoms with Gasteiger partial charge >= 0.3 is 0 Å². The zero-order valence-corrected chi connectivity index (χ0v) is 27.4. The highest BCUT2D eigenvalue weighted by Gasteiger charge is 2.40. The van der Waals surface area contributed by atoms with E-state index in [1.54, 1.807) is 17.2 Å². The zero-order chi connectivity index (χ0) is 31.5. The number of hydrogen-bond acceptors (Lipinski definition) is 8. The minimum atomic E-state index is -0.637. The molecule has 4 aromatic rings. The van der Waals surface area contributed by atoms with Gasteiger partial charge in [0.25, 0.3) is 5.91 Å². The Labute approximate surface area is 277 Å². The van der Waals surface area contributed by atoms with E-state index in [1.165, 1.54) is 0 Å². The summed E-state index contributed by atoms with van der Waals surface area (Å²) >= 11 is 16.4. The van der Waals surface area contributed by atoms with Crippen molar-refractivity contribution in [3.63, 3.8) is 0 Å². The normalized spacial score (nSPS) is 19.7. The Morgan fingerprint density at radius 3 is 2.69 bits per heavy atom. The number of piperidine rings is 2. The van der Waals surface area contributed by atoms with E-state index >= 15 is 0 Å². The van der Waals surface area contributed by atoms with Gasteiger partial charge in [-0.15, -0.1) is 0 Å². The fourth-order valence-corrected chi connectivity index (χ4v) is 7.33. The van der Waals surface area contributed by atoms with Gasteiger partial charge in [-0.3, -0.25) is 24.8 Å². The number of H-pyrrole nitrogens is 1. The average Bonchev–Trinajstić information content (AvgIpc) is 3.59. The van der Waals surface area contributed by atoms with Gasteiger partial charge in [-0.25, -0.2) is 9.97 Å². The maximum Gasteiger partial charge on any atom is 0.255 e. The Balaban J connectivity index is 0.996. The van der Waals surface area contributed by atoms with Gasteiger partial charge in [0.05, 0.1) is 16.2 Å². The summed E-state index contributed by atoms with van der Waals surface area (Å²) in [6, 6.07) is 8.58. The third kappa shape index (κ3) is 5.47. The summed E-state index contributed by atoms with van der Waals surface area (Å²) in [5.41, 5.74) is 4.93. The van der Waals surface area contributed by atoms with Crippen LogP contribution in [0.4, 0.5) is 5.82 Å². The van der Waals surface area contributed by atoms with Crippen molar-refractivity contribution in [2.45, 2.75) is 57.3 Å². The molecular formula is C31H29BrCl2N8O3. The Morgan fingerprint density at radius 2 is 1.91 bits per heavy atom. The number of nitrogens with zero attached hydrogens (tertiary/aromatic N) is 5. The molecule has 7 rings (SSSR count). The Bertz CT molecular complexity index is 1870. The summed E-state index contributed by atoms with van der Waals surface area (Å²) in [6.07, 6.45) is 4.13. The maximum absolute atomic E-state index is 13.1. The summed E-state index contributed by atoms with van der Waals surface area (Å²) in [7, 11) is 0. The second-order valence-corrected chi connectivity index (χ2v) is 13.5. The highest BCUT2D eigenvalue weighted by molar-refractivity contribution is 9.10. The van der Waals surface area contributed by atoms with E-state index in [4.69, 9.17) is 28.2 Å². The van der Waals surface area contributed by atoms with Gasteiger partial charge in [0.15, 0.2) is 5.65 Å².